The number of rotatable bonds is 4. The lowest BCUT2D eigenvalue weighted by atomic mass is 10.1. The molecule has 0 spiro atoms. The first-order valence-corrected chi connectivity index (χ1v) is 7.38. The summed E-state index contributed by atoms with van der Waals surface area (Å²) in [6.07, 6.45) is 1.60. The van der Waals surface area contributed by atoms with Crippen molar-refractivity contribution >= 4 is 17.5 Å². The maximum Gasteiger partial charge on any atom is 0.261 e. The smallest absolute Gasteiger partial charge is 0.261 e. The monoisotopic (exact) mass is 296 g/mol. The quantitative estimate of drug-likeness (QED) is 0.896. The van der Waals surface area contributed by atoms with E-state index in [0.29, 0.717) is 10.8 Å². The third-order valence-electron chi connectivity index (χ3n) is 3.45. The fourth-order valence-corrected chi connectivity index (χ4v) is 2.51. The lowest BCUT2D eigenvalue weighted by molar-refractivity contribution is -0.128. The van der Waals surface area contributed by atoms with E-state index in [-0.39, 0.29) is 11.9 Å². The highest BCUT2D eigenvalue weighted by Gasteiger charge is 2.20. The van der Waals surface area contributed by atoms with E-state index in [0.717, 1.165) is 31.5 Å². The first-order chi connectivity index (χ1) is 9.56. The number of piperidine rings is 1. The number of halogens is 1. The maximum absolute atomic E-state index is 12.1. The summed E-state index contributed by atoms with van der Waals surface area (Å²) in [5.41, 5.74) is 0.927. The summed E-state index contributed by atoms with van der Waals surface area (Å²) in [6.45, 7) is 5.54. The van der Waals surface area contributed by atoms with Gasteiger partial charge in [0.05, 0.1) is 0 Å². The molecule has 4 nitrogen and oxygen atoms in total. The molecule has 1 aliphatic rings. The first-order valence-electron chi connectivity index (χ1n) is 7.00. The van der Waals surface area contributed by atoms with E-state index >= 15 is 0 Å². The van der Waals surface area contributed by atoms with Crippen LogP contribution in [0.1, 0.15) is 25.3 Å². The molecule has 1 aromatic carbocycles. The van der Waals surface area contributed by atoms with Crippen LogP contribution < -0.4 is 15.4 Å². The van der Waals surface area contributed by atoms with E-state index in [2.05, 4.69) is 10.6 Å². The SMILES string of the molecule is Cc1cc(Cl)ccc1OC(C)C(=O)N[C@H]1CCCNC1. The zero-order valence-electron chi connectivity index (χ0n) is 11.9. The molecule has 5 heteroatoms. The Balaban J connectivity index is 1.89. The van der Waals surface area contributed by atoms with Gasteiger partial charge >= 0.3 is 0 Å². The molecule has 0 aliphatic carbocycles. The topological polar surface area (TPSA) is 50.4 Å². The molecule has 1 fully saturated rings. The molecule has 2 rings (SSSR count). The van der Waals surface area contributed by atoms with Crippen LogP contribution in [0.5, 0.6) is 5.75 Å². The molecule has 1 heterocycles. The van der Waals surface area contributed by atoms with Crippen LogP contribution >= 0.6 is 11.6 Å². The summed E-state index contributed by atoms with van der Waals surface area (Å²) in [5, 5.41) is 6.96. The average Bonchev–Trinajstić information content (AvgIpc) is 2.43. The van der Waals surface area contributed by atoms with Crippen molar-refractivity contribution in [1.29, 1.82) is 0 Å². The summed E-state index contributed by atoms with van der Waals surface area (Å²) in [6, 6.07) is 5.59. The highest BCUT2D eigenvalue weighted by atomic mass is 35.5. The van der Waals surface area contributed by atoms with Gasteiger partial charge in [-0.3, -0.25) is 4.79 Å². The molecule has 20 heavy (non-hydrogen) atoms. The first kappa shape index (κ1) is 15.1. The molecule has 110 valence electrons. The summed E-state index contributed by atoms with van der Waals surface area (Å²) in [7, 11) is 0. The van der Waals surface area contributed by atoms with Gasteiger partial charge in [0.25, 0.3) is 5.91 Å². The summed E-state index contributed by atoms with van der Waals surface area (Å²) >= 11 is 5.90. The van der Waals surface area contributed by atoms with Crippen LogP contribution in [-0.4, -0.2) is 31.1 Å². The number of nitrogens with one attached hydrogen (secondary N) is 2. The minimum atomic E-state index is -0.517. The molecule has 2 N–H and O–H groups in total. The number of hydrogen-bond donors (Lipinski definition) is 2. The summed E-state index contributed by atoms with van der Waals surface area (Å²) < 4.78 is 5.71. The van der Waals surface area contributed by atoms with Crippen molar-refractivity contribution in [2.75, 3.05) is 13.1 Å². The molecule has 1 saturated heterocycles. The Morgan fingerprint density at radius 1 is 1.55 bits per heavy atom. The lowest BCUT2D eigenvalue weighted by Gasteiger charge is -2.25. The minimum Gasteiger partial charge on any atom is -0.481 e. The van der Waals surface area contributed by atoms with Gasteiger partial charge in [-0.1, -0.05) is 11.6 Å². The second-order valence-electron chi connectivity index (χ2n) is 5.22. The third-order valence-corrected chi connectivity index (χ3v) is 3.69. The van der Waals surface area contributed by atoms with Crippen molar-refractivity contribution in [3.8, 4) is 5.75 Å². The average molecular weight is 297 g/mol. The predicted molar refractivity (Wildman–Crippen MR) is 80.3 cm³/mol. The molecule has 0 radical (unpaired) electrons. The second-order valence-corrected chi connectivity index (χ2v) is 5.66. The zero-order valence-corrected chi connectivity index (χ0v) is 12.7. The molecular weight excluding hydrogens is 276 g/mol. The van der Waals surface area contributed by atoms with E-state index in [1.54, 1.807) is 19.1 Å². The van der Waals surface area contributed by atoms with Crippen molar-refractivity contribution in [3.05, 3.63) is 28.8 Å². The molecule has 2 atom stereocenters. The van der Waals surface area contributed by atoms with E-state index in [4.69, 9.17) is 16.3 Å². The number of hydrogen-bond acceptors (Lipinski definition) is 3. The number of aryl methyl sites for hydroxylation is 1. The molecule has 1 unspecified atom stereocenters. The Labute approximate surface area is 124 Å². The lowest BCUT2D eigenvalue weighted by Crippen LogP contribution is -2.49. The van der Waals surface area contributed by atoms with Crippen LogP contribution in [0, 0.1) is 6.92 Å². The maximum atomic E-state index is 12.1. The number of carbonyl (C=O) groups excluding carboxylic acids is 1. The van der Waals surface area contributed by atoms with Gasteiger partial charge in [-0.25, -0.2) is 0 Å². The van der Waals surface area contributed by atoms with Crippen molar-refractivity contribution in [2.24, 2.45) is 0 Å². The fourth-order valence-electron chi connectivity index (χ4n) is 2.28. The third kappa shape index (κ3) is 4.12. The van der Waals surface area contributed by atoms with Gasteiger partial charge < -0.3 is 15.4 Å². The number of benzene rings is 1. The van der Waals surface area contributed by atoms with Crippen molar-refractivity contribution in [2.45, 2.75) is 38.8 Å². The van der Waals surface area contributed by atoms with Crippen LogP contribution in [0.2, 0.25) is 5.02 Å². The molecule has 0 bridgehead atoms. The molecule has 1 aromatic rings. The van der Waals surface area contributed by atoms with Gasteiger partial charge in [0.15, 0.2) is 6.10 Å². The number of carbonyl (C=O) groups is 1. The molecule has 0 saturated carbocycles. The normalized spacial score (nSPS) is 20.2. The van der Waals surface area contributed by atoms with E-state index in [9.17, 15) is 4.79 Å². The summed E-state index contributed by atoms with van der Waals surface area (Å²) in [5.74, 6) is 0.617. The Hall–Kier alpha value is -1.26. The van der Waals surface area contributed by atoms with Crippen LogP contribution in [0.3, 0.4) is 0 Å². The van der Waals surface area contributed by atoms with Crippen molar-refractivity contribution in [1.82, 2.24) is 10.6 Å². The Morgan fingerprint density at radius 2 is 2.35 bits per heavy atom. The minimum absolute atomic E-state index is 0.0759. The highest BCUT2D eigenvalue weighted by molar-refractivity contribution is 6.30. The Morgan fingerprint density at radius 3 is 3.00 bits per heavy atom. The van der Waals surface area contributed by atoms with Gasteiger partial charge in [0.2, 0.25) is 0 Å². The van der Waals surface area contributed by atoms with Crippen LogP contribution in [-0.2, 0) is 4.79 Å². The van der Waals surface area contributed by atoms with Gasteiger partial charge in [0.1, 0.15) is 5.75 Å². The molecule has 0 aromatic heterocycles. The Kier molecular flexibility index (Phi) is 5.26. The van der Waals surface area contributed by atoms with Gasteiger partial charge in [-0.2, -0.15) is 0 Å². The standard InChI is InChI=1S/C15H21ClN2O2/c1-10-8-12(16)5-6-14(10)20-11(2)15(19)18-13-4-3-7-17-9-13/h5-6,8,11,13,17H,3-4,7,9H2,1-2H3,(H,18,19)/t11?,13-/m0/s1. The van der Waals surface area contributed by atoms with E-state index < -0.39 is 6.10 Å². The molecule has 1 aliphatic heterocycles. The van der Waals surface area contributed by atoms with Crippen LogP contribution in [0.15, 0.2) is 18.2 Å². The van der Waals surface area contributed by atoms with Crippen LogP contribution in [0.25, 0.3) is 0 Å². The molecular formula is C15H21ClN2O2. The second kappa shape index (κ2) is 6.95. The zero-order chi connectivity index (χ0) is 14.5. The Bertz CT molecular complexity index is 473. The van der Waals surface area contributed by atoms with E-state index in [1.807, 2.05) is 13.0 Å². The van der Waals surface area contributed by atoms with Gasteiger partial charge in [-0.05, 0) is 57.0 Å². The van der Waals surface area contributed by atoms with Gasteiger partial charge in [-0.15, -0.1) is 0 Å². The van der Waals surface area contributed by atoms with Crippen molar-refractivity contribution in [3.63, 3.8) is 0 Å². The highest BCUT2D eigenvalue weighted by Crippen LogP contribution is 2.22. The predicted octanol–water partition coefficient (Wildman–Crippen LogP) is 2.28. The van der Waals surface area contributed by atoms with E-state index in [1.165, 1.54) is 0 Å². The van der Waals surface area contributed by atoms with Crippen LogP contribution in [0.4, 0.5) is 0 Å². The number of amides is 1. The van der Waals surface area contributed by atoms with Gasteiger partial charge in [0, 0.05) is 17.6 Å². The van der Waals surface area contributed by atoms with Crippen molar-refractivity contribution < 1.29 is 9.53 Å². The fraction of sp³-hybridized carbons (Fsp3) is 0.533. The number of ether oxygens (including phenoxy) is 1. The molecule has 1 amide bonds. The summed E-state index contributed by atoms with van der Waals surface area (Å²) in [4.78, 5) is 12.1. The largest absolute Gasteiger partial charge is 0.481 e.